The Kier molecular flexibility index (Phi) is 6.82. The fourth-order valence-corrected chi connectivity index (χ4v) is 4.44. The molecule has 3 aromatic rings. The van der Waals surface area contributed by atoms with Gasteiger partial charge in [-0.15, -0.1) is 0 Å². The predicted octanol–water partition coefficient (Wildman–Crippen LogP) is 5.27. The molecule has 0 saturated carbocycles. The Hall–Kier alpha value is -3.87. The van der Waals surface area contributed by atoms with Crippen molar-refractivity contribution in [2.45, 2.75) is 25.8 Å². The Balaban J connectivity index is 1.78. The Morgan fingerprint density at radius 1 is 1.03 bits per heavy atom. The van der Waals surface area contributed by atoms with Gasteiger partial charge in [0, 0.05) is 23.4 Å². The Morgan fingerprint density at radius 2 is 1.76 bits per heavy atom. The van der Waals surface area contributed by atoms with Gasteiger partial charge in [-0.25, -0.2) is 4.39 Å². The van der Waals surface area contributed by atoms with Gasteiger partial charge in [-0.3, -0.25) is 9.59 Å². The van der Waals surface area contributed by atoms with Crippen molar-refractivity contribution in [2.24, 2.45) is 5.92 Å². The zero-order chi connectivity index (χ0) is 24.2. The van der Waals surface area contributed by atoms with Crippen LogP contribution < -0.4 is 19.7 Å². The molecule has 7 heteroatoms. The van der Waals surface area contributed by atoms with E-state index >= 15 is 0 Å². The molecular weight excluding hydrogens is 435 g/mol. The fraction of sp³-hybridized carbons (Fsp3) is 0.259. The number of halogens is 1. The van der Waals surface area contributed by atoms with Crippen LogP contribution in [0.25, 0.3) is 0 Å². The highest BCUT2D eigenvalue weighted by Gasteiger charge is 2.42. The fourth-order valence-electron chi connectivity index (χ4n) is 4.44. The number of nitrogens with zero attached hydrogens (tertiary/aromatic N) is 1. The third-order valence-corrected chi connectivity index (χ3v) is 6.20. The van der Waals surface area contributed by atoms with Gasteiger partial charge in [-0.1, -0.05) is 24.3 Å². The topological polar surface area (TPSA) is 67.9 Å². The van der Waals surface area contributed by atoms with E-state index in [1.54, 1.807) is 56.4 Å². The molecule has 0 spiro atoms. The number of carbonyl (C=O) groups is 2. The molecule has 2 atom stereocenters. The first kappa shape index (κ1) is 23.3. The first-order chi connectivity index (χ1) is 16.4. The number of hydrogen-bond acceptors (Lipinski definition) is 4. The van der Waals surface area contributed by atoms with E-state index in [1.165, 1.54) is 12.1 Å². The maximum absolute atomic E-state index is 13.8. The number of benzene rings is 3. The first-order valence-corrected chi connectivity index (χ1v) is 11.1. The van der Waals surface area contributed by atoms with Gasteiger partial charge in [0.25, 0.3) is 0 Å². The minimum Gasteiger partial charge on any atom is -0.497 e. The lowest BCUT2D eigenvalue weighted by Crippen LogP contribution is -2.47. The molecule has 176 valence electrons. The van der Waals surface area contributed by atoms with Crippen LogP contribution in [-0.2, 0) is 9.59 Å². The van der Waals surface area contributed by atoms with Crippen LogP contribution in [0.3, 0.4) is 0 Å². The Morgan fingerprint density at radius 3 is 2.47 bits per heavy atom. The van der Waals surface area contributed by atoms with Crippen LogP contribution in [0, 0.1) is 18.7 Å². The zero-order valence-electron chi connectivity index (χ0n) is 19.4. The molecule has 0 radical (unpaired) electrons. The average Bonchev–Trinajstić information content (AvgIpc) is 2.86. The Labute approximate surface area is 198 Å². The highest BCUT2D eigenvalue weighted by Crippen LogP contribution is 2.43. The summed E-state index contributed by atoms with van der Waals surface area (Å²) in [5, 5.41) is 2.89. The number of para-hydroxylation sites is 1. The maximum atomic E-state index is 13.8. The van der Waals surface area contributed by atoms with Crippen molar-refractivity contribution < 1.29 is 23.5 Å². The van der Waals surface area contributed by atoms with Gasteiger partial charge in [0.15, 0.2) is 0 Å². The molecular formula is C27H27FN2O4. The van der Waals surface area contributed by atoms with Crippen molar-refractivity contribution in [2.75, 3.05) is 24.4 Å². The summed E-state index contributed by atoms with van der Waals surface area (Å²) in [6.45, 7) is 1.81. The van der Waals surface area contributed by atoms with Crippen molar-refractivity contribution >= 4 is 23.2 Å². The molecule has 1 aliphatic rings. The number of methoxy groups -OCH3 is 2. The van der Waals surface area contributed by atoms with Gasteiger partial charge in [0.1, 0.15) is 17.3 Å². The summed E-state index contributed by atoms with van der Waals surface area (Å²) in [6, 6.07) is 18.2. The third-order valence-electron chi connectivity index (χ3n) is 6.20. The molecule has 1 fully saturated rings. The van der Waals surface area contributed by atoms with Crippen LogP contribution in [0.5, 0.6) is 11.5 Å². The number of amides is 2. The molecule has 0 aromatic heterocycles. The summed E-state index contributed by atoms with van der Waals surface area (Å²) in [5.74, 6) is -0.138. The smallest absolute Gasteiger partial charge is 0.229 e. The van der Waals surface area contributed by atoms with E-state index in [1.807, 2.05) is 24.3 Å². The lowest BCUT2D eigenvalue weighted by atomic mass is 9.82. The summed E-state index contributed by atoms with van der Waals surface area (Å²) >= 11 is 0. The molecule has 1 N–H and O–H groups in total. The number of ether oxygens (including phenoxy) is 2. The summed E-state index contributed by atoms with van der Waals surface area (Å²) < 4.78 is 24.7. The quantitative estimate of drug-likeness (QED) is 0.542. The zero-order valence-corrected chi connectivity index (χ0v) is 19.4. The number of carbonyl (C=O) groups excluding carboxylic acids is 2. The first-order valence-electron chi connectivity index (χ1n) is 11.1. The van der Waals surface area contributed by atoms with Crippen LogP contribution in [0.1, 0.15) is 30.0 Å². The van der Waals surface area contributed by atoms with E-state index in [0.717, 1.165) is 11.1 Å². The van der Waals surface area contributed by atoms with E-state index in [4.69, 9.17) is 9.47 Å². The number of anilines is 2. The predicted molar refractivity (Wildman–Crippen MR) is 129 cm³/mol. The van der Waals surface area contributed by atoms with Crippen molar-refractivity contribution in [3.8, 4) is 11.5 Å². The van der Waals surface area contributed by atoms with E-state index in [0.29, 0.717) is 29.3 Å². The van der Waals surface area contributed by atoms with E-state index in [9.17, 15) is 14.0 Å². The van der Waals surface area contributed by atoms with Crippen molar-refractivity contribution in [1.29, 1.82) is 0 Å². The molecule has 6 nitrogen and oxygen atoms in total. The van der Waals surface area contributed by atoms with Gasteiger partial charge in [-0.2, -0.15) is 0 Å². The molecule has 1 aliphatic heterocycles. The van der Waals surface area contributed by atoms with E-state index in [2.05, 4.69) is 5.32 Å². The van der Waals surface area contributed by atoms with Gasteiger partial charge in [0.2, 0.25) is 11.8 Å². The second-order valence-corrected chi connectivity index (χ2v) is 8.24. The van der Waals surface area contributed by atoms with Crippen LogP contribution in [0.2, 0.25) is 0 Å². The molecule has 3 aromatic carbocycles. The minimum atomic E-state index is -0.611. The number of piperidine rings is 1. The monoisotopic (exact) mass is 462 g/mol. The van der Waals surface area contributed by atoms with E-state index in [-0.39, 0.29) is 18.2 Å². The summed E-state index contributed by atoms with van der Waals surface area (Å²) in [7, 11) is 3.14. The second kappa shape index (κ2) is 9.95. The van der Waals surface area contributed by atoms with Crippen molar-refractivity contribution in [3.63, 3.8) is 0 Å². The number of aryl methyl sites for hydroxylation is 1. The molecule has 34 heavy (non-hydrogen) atoms. The molecule has 1 heterocycles. The lowest BCUT2D eigenvalue weighted by molar-refractivity contribution is -0.126. The van der Waals surface area contributed by atoms with Gasteiger partial charge in [-0.05, 0) is 61.4 Å². The van der Waals surface area contributed by atoms with Gasteiger partial charge in [0.05, 0.1) is 26.2 Å². The van der Waals surface area contributed by atoms with Crippen LogP contribution in [0.15, 0.2) is 66.7 Å². The number of hydrogen-bond donors (Lipinski definition) is 1. The van der Waals surface area contributed by atoms with E-state index < -0.39 is 17.8 Å². The molecule has 0 aliphatic carbocycles. The molecule has 0 bridgehead atoms. The lowest BCUT2D eigenvalue weighted by Gasteiger charge is -2.41. The van der Waals surface area contributed by atoms with Crippen molar-refractivity contribution in [3.05, 3.63) is 83.7 Å². The van der Waals surface area contributed by atoms with Crippen molar-refractivity contribution in [1.82, 2.24) is 0 Å². The Bertz CT molecular complexity index is 1200. The van der Waals surface area contributed by atoms with Crippen LogP contribution >= 0.6 is 0 Å². The van der Waals surface area contributed by atoms with Gasteiger partial charge >= 0.3 is 0 Å². The van der Waals surface area contributed by atoms with Crippen LogP contribution in [-0.4, -0.2) is 26.0 Å². The number of nitrogens with one attached hydrogen (secondary N) is 1. The summed E-state index contributed by atoms with van der Waals surface area (Å²) in [4.78, 5) is 28.5. The summed E-state index contributed by atoms with van der Waals surface area (Å²) in [6.07, 6.45) is 0.562. The molecule has 4 rings (SSSR count). The highest BCUT2D eigenvalue weighted by molar-refractivity contribution is 6.00. The largest absolute Gasteiger partial charge is 0.497 e. The number of rotatable bonds is 6. The molecule has 1 saturated heterocycles. The second-order valence-electron chi connectivity index (χ2n) is 8.24. The van der Waals surface area contributed by atoms with Gasteiger partial charge < -0.3 is 19.7 Å². The normalized spacial score (nSPS) is 17.9. The standard InChI is InChI=1S/C27H27FN2O4/c1-17-8-9-18(28)16-23(17)29-27(32)22-14-15-25(31)30(19-10-12-20(33-2)13-11-19)26(22)21-6-4-5-7-24(21)34-3/h4-13,16,22,26H,14-15H2,1-3H3,(H,29,32). The SMILES string of the molecule is COc1ccc(N2C(=O)CCC(C(=O)Nc3cc(F)ccc3C)C2c2ccccc2OC)cc1. The molecule has 2 amide bonds. The molecule has 2 unspecified atom stereocenters. The maximum Gasteiger partial charge on any atom is 0.229 e. The van der Waals surface area contributed by atoms with Crippen LogP contribution in [0.4, 0.5) is 15.8 Å². The average molecular weight is 463 g/mol. The third kappa shape index (κ3) is 4.59. The highest BCUT2D eigenvalue weighted by atomic mass is 19.1. The minimum absolute atomic E-state index is 0.0907. The summed E-state index contributed by atoms with van der Waals surface area (Å²) in [5.41, 5.74) is 2.55.